The second-order valence-electron chi connectivity index (χ2n) is 2.89. The Hall–Kier alpha value is -1.51. The minimum atomic E-state index is 0.207. The van der Waals surface area contributed by atoms with Crippen LogP contribution in [-0.4, -0.2) is 24.5 Å². The van der Waals surface area contributed by atoms with Crippen LogP contribution in [0.2, 0.25) is 0 Å². The van der Waals surface area contributed by atoms with E-state index in [4.69, 9.17) is 4.74 Å². The first-order chi connectivity index (χ1) is 6.70. The molecule has 0 atom stereocenters. The third-order valence-electron chi connectivity index (χ3n) is 2.00. The largest absolute Gasteiger partial charge is 0.507 e. The second kappa shape index (κ2) is 4.65. The molecule has 0 radical (unpaired) electrons. The molecule has 0 bridgehead atoms. The Morgan fingerprint density at radius 3 is 2.79 bits per heavy atom. The van der Waals surface area contributed by atoms with Crippen LogP contribution in [0.1, 0.15) is 19.4 Å². The summed E-state index contributed by atoms with van der Waals surface area (Å²) in [5.41, 5.74) is 1.45. The van der Waals surface area contributed by atoms with Gasteiger partial charge in [0.05, 0.1) is 12.2 Å². The number of aromatic hydroxyl groups is 1. The van der Waals surface area contributed by atoms with Gasteiger partial charge in [0.1, 0.15) is 11.5 Å². The predicted molar refractivity (Wildman–Crippen MR) is 57.4 cm³/mol. The number of ether oxygens (including phenoxy) is 1. The van der Waals surface area contributed by atoms with E-state index in [1.54, 1.807) is 19.2 Å². The van der Waals surface area contributed by atoms with E-state index in [2.05, 4.69) is 4.99 Å². The summed E-state index contributed by atoms with van der Waals surface area (Å²) < 4.78 is 5.40. The van der Waals surface area contributed by atoms with Gasteiger partial charge in [-0.1, -0.05) is 6.07 Å². The van der Waals surface area contributed by atoms with Crippen LogP contribution in [0, 0.1) is 0 Å². The summed E-state index contributed by atoms with van der Waals surface area (Å²) in [6, 6.07) is 5.21. The molecule has 0 aliphatic carbocycles. The van der Waals surface area contributed by atoms with Gasteiger partial charge in [0.2, 0.25) is 0 Å². The lowest BCUT2D eigenvalue weighted by Gasteiger charge is -2.10. The highest BCUT2D eigenvalue weighted by Crippen LogP contribution is 2.28. The van der Waals surface area contributed by atoms with Crippen molar-refractivity contribution < 1.29 is 9.84 Å². The van der Waals surface area contributed by atoms with Crippen LogP contribution in [-0.2, 0) is 0 Å². The second-order valence-corrected chi connectivity index (χ2v) is 2.89. The number of phenolic OH excluding ortho intramolecular Hbond substituents is 1. The fourth-order valence-electron chi connectivity index (χ4n) is 1.27. The lowest BCUT2D eigenvalue weighted by atomic mass is 10.1. The van der Waals surface area contributed by atoms with Gasteiger partial charge in [0.25, 0.3) is 0 Å². The molecule has 0 fully saturated rings. The van der Waals surface area contributed by atoms with Gasteiger partial charge in [-0.25, -0.2) is 0 Å². The van der Waals surface area contributed by atoms with Gasteiger partial charge in [-0.2, -0.15) is 0 Å². The molecular formula is C11H15NO2. The maximum Gasteiger partial charge on any atom is 0.132 e. The summed E-state index contributed by atoms with van der Waals surface area (Å²) in [5.74, 6) is 0.884. The Morgan fingerprint density at radius 1 is 1.50 bits per heavy atom. The number of nitrogens with zero attached hydrogens (tertiary/aromatic N) is 1. The maximum absolute atomic E-state index is 9.66. The van der Waals surface area contributed by atoms with Crippen molar-refractivity contribution in [1.82, 2.24) is 0 Å². The van der Waals surface area contributed by atoms with E-state index in [1.165, 1.54) is 0 Å². The zero-order valence-corrected chi connectivity index (χ0v) is 8.74. The summed E-state index contributed by atoms with van der Waals surface area (Å²) in [6.45, 7) is 4.33. The van der Waals surface area contributed by atoms with Gasteiger partial charge in [-0.05, 0) is 26.0 Å². The highest BCUT2D eigenvalue weighted by atomic mass is 16.5. The van der Waals surface area contributed by atoms with Crippen LogP contribution in [0.3, 0.4) is 0 Å². The van der Waals surface area contributed by atoms with E-state index in [-0.39, 0.29) is 5.75 Å². The summed E-state index contributed by atoms with van der Waals surface area (Å²) in [5, 5.41) is 9.66. The van der Waals surface area contributed by atoms with Gasteiger partial charge in [-0.3, -0.25) is 4.99 Å². The minimum absolute atomic E-state index is 0.207. The molecule has 0 saturated heterocycles. The van der Waals surface area contributed by atoms with Crippen LogP contribution in [0.25, 0.3) is 0 Å². The standard InChI is InChI=1S/C11H15NO2/c1-4-14-10-7-5-6-9(13)11(10)8(2)12-3/h5-7,13H,4H2,1-3H3/b12-8-. The van der Waals surface area contributed by atoms with Crippen molar-refractivity contribution in [3.05, 3.63) is 23.8 Å². The molecule has 3 heteroatoms. The number of rotatable bonds is 3. The zero-order chi connectivity index (χ0) is 10.6. The number of benzene rings is 1. The van der Waals surface area contributed by atoms with E-state index >= 15 is 0 Å². The molecule has 1 aromatic carbocycles. The van der Waals surface area contributed by atoms with Crippen LogP contribution >= 0.6 is 0 Å². The molecular weight excluding hydrogens is 178 g/mol. The van der Waals surface area contributed by atoms with E-state index in [1.807, 2.05) is 19.9 Å². The van der Waals surface area contributed by atoms with Crippen molar-refractivity contribution in [2.45, 2.75) is 13.8 Å². The van der Waals surface area contributed by atoms with Crippen molar-refractivity contribution in [2.24, 2.45) is 4.99 Å². The van der Waals surface area contributed by atoms with Crippen molar-refractivity contribution in [1.29, 1.82) is 0 Å². The van der Waals surface area contributed by atoms with Gasteiger partial charge < -0.3 is 9.84 Å². The number of phenols is 1. The van der Waals surface area contributed by atoms with Crippen molar-refractivity contribution in [3.63, 3.8) is 0 Å². The minimum Gasteiger partial charge on any atom is -0.507 e. The maximum atomic E-state index is 9.66. The lowest BCUT2D eigenvalue weighted by molar-refractivity contribution is 0.337. The van der Waals surface area contributed by atoms with Gasteiger partial charge in [0.15, 0.2) is 0 Å². The first kappa shape index (κ1) is 10.6. The molecule has 0 heterocycles. The average Bonchev–Trinajstić information content (AvgIpc) is 2.18. The Labute approximate surface area is 84.1 Å². The predicted octanol–water partition coefficient (Wildman–Crippen LogP) is 2.23. The molecule has 0 spiro atoms. The fraction of sp³-hybridized carbons (Fsp3) is 0.364. The summed E-state index contributed by atoms with van der Waals surface area (Å²) in [4.78, 5) is 4.04. The summed E-state index contributed by atoms with van der Waals surface area (Å²) in [7, 11) is 1.69. The molecule has 0 unspecified atom stereocenters. The molecule has 14 heavy (non-hydrogen) atoms. The monoisotopic (exact) mass is 193 g/mol. The highest BCUT2D eigenvalue weighted by molar-refractivity contribution is 6.03. The van der Waals surface area contributed by atoms with E-state index < -0.39 is 0 Å². The Morgan fingerprint density at radius 2 is 2.21 bits per heavy atom. The first-order valence-electron chi connectivity index (χ1n) is 4.59. The van der Waals surface area contributed by atoms with Crippen LogP contribution in [0.5, 0.6) is 11.5 Å². The van der Waals surface area contributed by atoms with Gasteiger partial charge >= 0.3 is 0 Å². The fourth-order valence-corrected chi connectivity index (χ4v) is 1.27. The van der Waals surface area contributed by atoms with E-state index in [9.17, 15) is 5.11 Å². The summed E-state index contributed by atoms with van der Waals surface area (Å²) >= 11 is 0. The molecule has 0 aliphatic rings. The Kier molecular flexibility index (Phi) is 3.51. The molecule has 76 valence electrons. The van der Waals surface area contributed by atoms with Crippen LogP contribution in [0.4, 0.5) is 0 Å². The number of aliphatic imine (C=N–C) groups is 1. The van der Waals surface area contributed by atoms with Crippen molar-refractivity contribution in [3.8, 4) is 11.5 Å². The third kappa shape index (κ3) is 2.05. The number of hydrogen-bond donors (Lipinski definition) is 1. The molecule has 0 amide bonds. The van der Waals surface area contributed by atoms with Gasteiger partial charge in [-0.15, -0.1) is 0 Å². The third-order valence-corrected chi connectivity index (χ3v) is 2.00. The van der Waals surface area contributed by atoms with Crippen LogP contribution < -0.4 is 4.74 Å². The molecule has 1 rings (SSSR count). The molecule has 0 aromatic heterocycles. The quantitative estimate of drug-likeness (QED) is 0.748. The van der Waals surface area contributed by atoms with Crippen molar-refractivity contribution in [2.75, 3.05) is 13.7 Å². The van der Waals surface area contributed by atoms with E-state index in [0.717, 1.165) is 5.71 Å². The lowest BCUT2D eigenvalue weighted by Crippen LogP contribution is -2.01. The zero-order valence-electron chi connectivity index (χ0n) is 8.74. The van der Waals surface area contributed by atoms with Crippen LogP contribution in [0.15, 0.2) is 23.2 Å². The average molecular weight is 193 g/mol. The molecule has 1 N–H and O–H groups in total. The smallest absolute Gasteiger partial charge is 0.132 e. The highest BCUT2D eigenvalue weighted by Gasteiger charge is 2.10. The molecule has 0 aliphatic heterocycles. The number of hydrogen-bond acceptors (Lipinski definition) is 3. The van der Waals surface area contributed by atoms with Crippen molar-refractivity contribution >= 4 is 5.71 Å². The van der Waals surface area contributed by atoms with E-state index in [0.29, 0.717) is 17.9 Å². The van der Waals surface area contributed by atoms with Gasteiger partial charge in [0, 0.05) is 12.8 Å². The molecule has 3 nitrogen and oxygen atoms in total. The molecule has 0 saturated carbocycles. The first-order valence-corrected chi connectivity index (χ1v) is 4.59. The topological polar surface area (TPSA) is 41.8 Å². The molecule has 1 aromatic rings. The SMILES string of the molecule is CCOc1cccc(O)c1/C(C)=N\C. The summed E-state index contributed by atoms with van der Waals surface area (Å²) in [6.07, 6.45) is 0. The Balaban J connectivity index is 3.22. The normalized spacial score (nSPS) is 11.5. The Bertz CT molecular complexity index is 345.